The number of rotatable bonds is 4. The number of hydrogen-bond donors (Lipinski definition) is 1. The highest BCUT2D eigenvalue weighted by Crippen LogP contribution is 2.35. The van der Waals surface area contributed by atoms with Crippen molar-refractivity contribution in [3.63, 3.8) is 0 Å². The topological polar surface area (TPSA) is 72.4 Å². The van der Waals surface area contributed by atoms with Crippen LogP contribution in [0.25, 0.3) is 0 Å². The fourth-order valence-electron chi connectivity index (χ4n) is 1.93. The second-order valence-electron chi connectivity index (χ2n) is 4.02. The molecule has 1 aliphatic rings. The van der Waals surface area contributed by atoms with Crippen LogP contribution in [0.2, 0.25) is 0 Å². The van der Waals surface area contributed by atoms with Gasteiger partial charge >= 0.3 is 0 Å². The molecule has 5 nitrogen and oxygen atoms in total. The molecule has 0 atom stereocenters. The molecule has 2 N–H and O–H groups in total. The van der Waals surface area contributed by atoms with Crippen LogP contribution >= 0.6 is 0 Å². The maximum atomic E-state index is 10.6. The monoisotopic (exact) mass is 221 g/mol. The Hall–Kier alpha value is -1.78. The molecule has 0 radical (unpaired) electrons. The number of non-ortho nitro benzene ring substituents is 1. The van der Waals surface area contributed by atoms with E-state index in [1.807, 2.05) is 0 Å². The van der Waals surface area contributed by atoms with E-state index in [1.54, 1.807) is 6.07 Å². The summed E-state index contributed by atoms with van der Waals surface area (Å²) >= 11 is 0. The van der Waals surface area contributed by atoms with E-state index in [0.29, 0.717) is 11.7 Å². The summed E-state index contributed by atoms with van der Waals surface area (Å²) in [6, 6.07) is 5.25. The lowest BCUT2D eigenvalue weighted by Gasteiger charge is -2.24. The molecule has 1 saturated carbocycles. The summed E-state index contributed by atoms with van der Waals surface area (Å²) in [6.07, 6.45) is 2.37. The minimum Gasteiger partial charge on any atom is -0.397 e. The van der Waals surface area contributed by atoms with Gasteiger partial charge in [0.1, 0.15) is 0 Å². The standard InChI is InChI=1S/C11H15N3O2/c1-2-13(8-3-4-8)11-6-5-9(14(15)16)7-10(11)12/h5-8H,2-4,12H2,1H3. The van der Waals surface area contributed by atoms with Crippen molar-refractivity contribution in [2.45, 2.75) is 25.8 Å². The number of nitro groups is 1. The molecule has 1 fully saturated rings. The van der Waals surface area contributed by atoms with Gasteiger partial charge in [0.05, 0.1) is 16.3 Å². The first-order chi connectivity index (χ1) is 7.63. The van der Waals surface area contributed by atoms with Gasteiger partial charge in [-0.3, -0.25) is 10.1 Å². The average Bonchev–Trinajstić information content (AvgIpc) is 3.05. The molecule has 0 aliphatic heterocycles. The van der Waals surface area contributed by atoms with Crippen LogP contribution in [0.3, 0.4) is 0 Å². The van der Waals surface area contributed by atoms with Gasteiger partial charge in [-0.15, -0.1) is 0 Å². The number of benzene rings is 1. The number of nitrogens with zero attached hydrogens (tertiary/aromatic N) is 2. The second-order valence-corrected chi connectivity index (χ2v) is 4.02. The number of nitrogens with two attached hydrogens (primary N) is 1. The van der Waals surface area contributed by atoms with E-state index in [0.717, 1.165) is 12.2 Å². The van der Waals surface area contributed by atoms with Crippen molar-refractivity contribution in [2.24, 2.45) is 0 Å². The molecule has 0 amide bonds. The number of nitrogen functional groups attached to an aromatic ring is 1. The average molecular weight is 221 g/mol. The molecule has 0 spiro atoms. The van der Waals surface area contributed by atoms with Crippen LogP contribution in [-0.4, -0.2) is 17.5 Å². The fraction of sp³-hybridized carbons (Fsp3) is 0.455. The summed E-state index contributed by atoms with van der Waals surface area (Å²) in [7, 11) is 0. The number of hydrogen-bond acceptors (Lipinski definition) is 4. The highest BCUT2D eigenvalue weighted by atomic mass is 16.6. The van der Waals surface area contributed by atoms with Crippen molar-refractivity contribution < 1.29 is 4.92 Å². The highest BCUT2D eigenvalue weighted by Gasteiger charge is 2.29. The first kappa shape index (κ1) is 10.7. The Morgan fingerprint density at radius 1 is 1.56 bits per heavy atom. The molecular weight excluding hydrogens is 206 g/mol. The smallest absolute Gasteiger partial charge is 0.271 e. The lowest BCUT2D eigenvalue weighted by atomic mass is 10.2. The molecule has 0 unspecified atom stereocenters. The molecule has 0 aromatic heterocycles. The summed E-state index contributed by atoms with van der Waals surface area (Å²) in [5.41, 5.74) is 7.31. The van der Waals surface area contributed by atoms with Gasteiger partial charge < -0.3 is 10.6 Å². The molecule has 0 heterocycles. The fourth-order valence-corrected chi connectivity index (χ4v) is 1.93. The molecular formula is C11H15N3O2. The van der Waals surface area contributed by atoms with Crippen LogP contribution in [0.1, 0.15) is 19.8 Å². The van der Waals surface area contributed by atoms with Crippen molar-refractivity contribution in [1.29, 1.82) is 0 Å². The van der Waals surface area contributed by atoms with Gasteiger partial charge in [-0.25, -0.2) is 0 Å². The Morgan fingerprint density at radius 2 is 2.25 bits per heavy atom. The summed E-state index contributed by atoms with van der Waals surface area (Å²) < 4.78 is 0. The molecule has 5 heteroatoms. The second kappa shape index (κ2) is 4.00. The lowest BCUT2D eigenvalue weighted by Crippen LogP contribution is -2.25. The molecule has 86 valence electrons. The third kappa shape index (κ3) is 1.93. The first-order valence-corrected chi connectivity index (χ1v) is 5.44. The van der Waals surface area contributed by atoms with Crippen LogP contribution in [0.4, 0.5) is 17.1 Å². The maximum absolute atomic E-state index is 10.6. The normalized spacial score (nSPS) is 14.8. The zero-order chi connectivity index (χ0) is 11.7. The lowest BCUT2D eigenvalue weighted by molar-refractivity contribution is -0.384. The number of anilines is 2. The van der Waals surface area contributed by atoms with Crippen molar-refractivity contribution in [3.8, 4) is 0 Å². The largest absolute Gasteiger partial charge is 0.397 e. The molecule has 16 heavy (non-hydrogen) atoms. The third-order valence-electron chi connectivity index (χ3n) is 2.86. The summed E-state index contributed by atoms with van der Waals surface area (Å²) in [5.74, 6) is 0. The molecule has 0 saturated heterocycles. The van der Waals surface area contributed by atoms with E-state index < -0.39 is 4.92 Å². The Bertz CT molecular complexity index is 416. The van der Waals surface area contributed by atoms with Gasteiger partial charge in [0.2, 0.25) is 0 Å². The summed E-state index contributed by atoms with van der Waals surface area (Å²) in [4.78, 5) is 12.4. The van der Waals surface area contributed by atoms with E-state index in [4.69, 9.17) is 5.73 Å². The van der Waals surface area contributed by atoms with Crippen LogP contribution in [0.15, 0.2) is 18.2 Å². The molecule has 0 bridgehead atoms. The quantitative estimate of drug-likeness (QED) is 0.480. The van der Waals surface area contributed by atoms with Gasteiger partial charge in [-0.05, 0) is 25.8 Å². The van der Waals surface area contributed by atoms with Gasteiger partial charge in [0.25, 0.3) is 5.69 Å². The zero-order valence-corrected chi connectivity index (χ0v) is 9.22. The van der Waals surface area contributed by atoms with E-state index in [-0.39, 0.29) is 5.69 Å². The Kier molecular flexibility index (Phi) is 2.68. The van der Waals surface area contributed by atoms with Crippen LogP contribution in [0.5, 0.6) is 0 Å². The zero-order valence-electron chi connectivity index (χ0n) is 9.22. The van der Waals surface area contributed by atoms with Crippen molar-refractivity contribution in [3.05, 3.63) is 28.3 Å². The van der Waals surface area contributed by atoms with Crippen molar-refractivity contribution in [2.75, 3.05) is 17.2 Å². The van der Waals surface area contributed by atoms with Gasteiger partial charge in [0, 0.05) is 24.7 Å². The van der Waals surface area contributed by atoms with Crippen molar-refractivity contribution >= 4 is 17.1 Å². The highest BCUT2D eigenvalue weighted by molar-refractivity contribution is 5.71. The predicted molar refractivity (Wildman–Crippen MR) is 63.6 cm³/mol. The molecule has 1 aliphatic carbocycles. The molecule has 1 aromatic carbocycles. The van der Waals surface area contributed by atoms with E-state index in [2.05, 4.69) is 11.8 Å². The Balaban J connectivity index is 2.30. The third-order valence-corrected chi connectivity index (χ3v) is 2.86. The Morgan fingerprint density at radius 3 is 2.69 bits per heavy atom. The molecule has 2 rings (SSSR count). The van der Waals surface area contributed by atoms with Gasteiger partial charge in [-0.1, -0.05) is 0 Å². The maximum Gasteiger partial charge on any atom is 0.271 e. The summed E-state index contributed by atoms with van der Waals surface area (Å²) in [6.45, 7) is 2.95. The van der Waals surface area contributed by atoms with Gasteiger partial charge in [-0.2, -0.15) is 0 Å². The van der Waals surface area contributed by atoms with Crippen LogP contribution < -0.4 is 10.6 Å². The summed E-state index contributed by atoms with van der Waals surface area (Å²) in [5, 5.41) is 10.6. The van der Waals surface area contributed by atoms with Crippen LogP contribution in [0, 0.1) is 10.1 Å². The SMILES string of the molecule is CCN(c1ccc([N+](=O)[O-])cc1N)C1CC1. The van der Waals surface area contributed by atoms with E-state index in [9.17, 15) is 10.1 Å². The molecule has 1 aromatic rings. The number of nitro benzene ring substituents is 1. The van der Waals surface area contributed by atoms with Crippen LogP contribution in [-0.2, 0) is 0 Å². The minimum absolute atomic E-state index is 0.0492. The van der Waals surface area contributed by atoms with Crippen molar-refractivity contribution in [1.82, 2.24) is 0 Å². The van der Waals surface area contributed by atoms with Gasteiger partial charge in [0.15, 0.2) is 0 Å². The Labute approximate surface area is 94.0 Å². The predicted octanol–water partition coefficient (Wildman–Crippen LogP) is 2.17. The minimum atomic E-state index is -0.423. The first-order valence-electron chi connectivity index (χ1n) is 5.44. The van der Waals surface area contributed by atoms with E-state index >= 15 is 0 Å². The van der Waals surface area contributed by atoms with E-state index in [1.165, 1.54) is 25.0 Å².